The van der Waals surface area contributed by atoms with Gasteiger partial charge in [0.2, 0.25) is 5.91 Å². The monoisotopic (exact) mass is 254 g/mol. The van der Waals surface area contributed by atoms with Crippen molar-refractivity contribution in [2.45, 2.75) is 65.8 Å². The normalized spacial score (nSPS) is 19.8. The van der Waals surface area contributed by atoms with E-state index < -0.39 is 0 Å². The van der Waals surface area contributed by atoms with E-state index in [1.165, 1.54) is 6.42 Å². The van der Waals surface area contributed by atoms with E-state index in [4.69, 9.17) is 0 Å². The van der Waals surface area contributed by atoms with Crippen LogP contribution in [0, 0.1) is 5.41 Å². The van der Waals surface area contributed by atoms with Gasteiger partial charge in [-0.25, -0.2) is 0 Å². The summed E-state index contributed by atoms with van der Waals surface area (Å²) in [6.45, 7) is 11.8. The molecule has 0 radical (unpaired) electrons. The molecule has 0 spiro atoms. The molecule has 1 N–H and O–H groups in total. The Morgan fingerprint density at radius 2 is 2.00 bits per heavy atom. The van der Waals surface area contributed by atoms with E-state index in [1.807, 2.05) is 0 Å². The Morgan fingerprint density at radius 1 is 1.28 bits per heavy atom. The third kappa shape index (κ3) is 4.97. The van der Waals surface area contributed by atoms with Crippen LogP contribution in [0.5, 0.6) is 0 Å². The number of hydrogen-bond acceptors (Lipinski definition) is 2. The molecule has 0 aliphatic carbocycles. The van der Waals surface area contributed by atoms with Gasteiger partial charge in [-0.3, -0.25) is 4.79 Å². The Kier molecular flexibility index (Phi) is 6.13. The largest absolute Gasteiger partial charge is 0.341 e. The van der Waals surface area contributed by atoms with Gasteiger partial charge in [0.1, 0.15) is 0 Å². The standard InChI is InChI=1S/C15H30N2O/c1-5-10-16-13(15(2,3)4)12-17-11-8-6-7-9-14(17)18/h13,16H,5-12H2,1-4H3. The van der Waals surface area contributed by atoms with Gasteiger partial charge in [-0.05, 0) is 31.2 Å². The van der Waals surface area contributed by atoms with Crippen LogP contribution in [0.25, 0.3) is 0 Å². The smallest absolute Gasteiger partial charge is 0.222 e. The highest BCUT2D eigenvalue weighted by Gasteiger charge is 2.28. The average Bonchev–Trinajstić information content (AvgIpc) is 2.48. The summed E-state index contributed by atoms with van der Waals surface area (Å²) in [6, 6.07) is 0.388. The molecule has 18 heavy (non-hydrogen) atoms. The summed E-state index contributed by atoms with van der Waals surface area (Å²) in [5.41, 5.74) is 0.196. The van der Waals surface area contributed by atoms with Gasteiger partial charge in [0.15, 0.2) is 0 Å². The highest BCUT2D eigenvalue weighted by molar-refractivity contribution is 5.76. The molecule has 0 bridgehead atoms. The number of rotatable bonds is 5. The lowest BCUT2D eigenvalue weighted by Crippen LogP contribution is -2.50. The van der Waals surface area contributed by atoms with Crippen LogP contribution in [0.15, 0.2) is 0 Å². The SMILES string of the molecule is CCCNC(CN1CCCCCC1=O)C(C)(C)C. The van der Waals surface area contributed by atoms with Crippen LogP contribution in [-0.4, -0.2) is 36.5 Å². The molecule has 1 saturated heterocycles. The number of likely N-dealkylation sites (tertiary alicyclic amines) is 1. The minimum Gasteiger partial charge on any atom is -0.341 e. The molecule has 1 rings (SSSR count). The van der Waals surface area contributed by atoms with Gasteiger partial charge < -0.3 is 10.2 Å². The first-order valence-corrected chi connectivity index (χ1v) is 7.46. The third-order valence-electron chi connectivity index (χ3n) is 3.76. The fraction of sp³-hybridized carbons (Fsp3) is 0.933. The van der Waals surface area contributed by atoms with Crippen molar-refractivity contribution in [2.75, 3.05) is 19.6 Å². The van der Waals surface area contributed by atoms with Gasteiger partial charge in [-0.15, -0.1) is 0 Å². The number of amides is 1. The summed E-state index contributed by atoms with van der Waals surface area (Å²) in [5, 5.41) is 3.60. The Hall–Kier alpha value is -0.570. The number of nitrogens with zero attached hydrogens (tertiary/aromatic N) is 1. The zero-order valence-corrected chi connectivity index (χ0v) is 12.6. The Bertz CT molecular complexity index is 258. The van der Waals surface area contributed by atoms with Crippen molar-refractivity contribution in [2.24, 2.45) is 5.41 Å². The predicted octanol–water partition coefficient (Wildman–Crippen LogP) is 2.80. The first-order valence-electron chi connectivity index (χ1n) is 7.46. The van der Waals surface area contributed by atoms with E-state index in [1.54, 1.807) is 0 Å². The summed E-state index contributed by atoms with van der Waals surface area (Å²) in [4.78, 5) is 14.1. The molecule has 3 nitrogen and oxygen atoms in total. The molecular formula is C15H30N2O. The van der Waals surface area contributed by atoms with Crippen molar-refractivity contribution >= 4 is 5.91 Å². The van der Waals surface area contributed by atoms with E-state index in [0.717, 1.165) is 45.3 Å². The van der Waals surface area contributed by atoms with Gasteiger partial charge in [-0.2, -0.15) is 0 Å². The van der Waals surface area contributed by atoms with Crippen molar-refractivity contribution in [3.63, 3.8) is 0 Å². The van der Waals surface area contributed by atoms with Crippen LogP contribution >= 0.6 is 0 Å². The molecule has 0 aromatic carbocycles. The third-order valence-corrected chi connectivity index (χ3v) is 3.76. The average molecular weight is 254 g/mol. The fourth-order valence-corrected chi connectivity index (χ4v) is 2.42. The van der Waals surface area contributed by atoms with Crippen LogP contribution in [0.4, 0.5) is 0 Å². The zero-order valence-electron chi connectivity index (χ0n) is 12.6. The molecule has 0 saturated carbocycles. The maximum atomic E-state index is 12.0. The molecule has 1 aliphatic heterocycles. The molecule has 1 amide bonds. The second-order valence-corrected chi connectivity index (χ2v) is 6.52. The Balaban J connectivity index is 2.60. The lowest BCUT2D eigenvalue weighted by Gasteiger charge is -2.36. The van der Waals surface area contributed by atoms with E-state index >= 15 is 0 Å². The maximum absolute atomic E-state index is 12.0. The van der Waals surface area contributed by atoms with Crippen molar-refractivity contribution in [1.82, 2.24) is 10.2 Å². The van der Waals surface area contributed by atoms with Crippen LogP contribution < -0.4 is 5.32 Å². The predicted molar refractivity (Wildman–Crippen MR) is 76.6 cm³/mol. The number of hydrogen-bond donors (Lipinski definition) is 1. The van der Waals surface area contributed by atoms with E-state index in [2.05, 4.69) is 37.9 Å². The lowest BCUT2D eigenvalue weighted by molar-refractivity contribution is -0.131. The molecule has 1 fully saturated rings. The van der Waals surface area contributed by atoms with Crippen molar-refractivity contribution in [3.05, 3.63) is 0 Å². The molecule has 0 aromatic rings. The highest BCUT2D eigenvalue weighted by Crippen LogP contribution is 2.22. The van der Waals surface area contributed by atoms with E-state index in [-0.39, 0.29) is 5.41 Å². The lowest BCUT2D eigenvalue weighted by atomic mass is 9.86. The summed E-state index contributed by atoms with van der Waals surface area (Å²) in [7, 11) is 0. The van der Waals surface area contributed by atoms with Crippen LogP contribution in [-0.2, 0) is 4.79 Å². The molecule has 0 aromatic heterocycles. The fourth-order valence-electron chi connectivity index (χ4n) is 2.42. The molecule has 1 unspecified atom stereocenters. The van der Waals surface area contributed by atoms with Crippen LogP contribution in [0.1, 0.15) is 59.8 Å². The Morgan fingerprint density at radius 3 is 2.61 bits per heavy atom. The van der Waals surface area contributed by atoms with Crippen LogP contribution in [0.3, 0.4) is 0 Å². The molecule has 1 aliphatic rings. The minimum atomic E-state index is 0.196. The second kappa shape index (κ2) is 7.13. The summed E-state index contributed by atoms with van der Waals surface area (Å²) in [5.74, 6) is 0.347. The van der Waals surface area contributed by atoms with Gasteiger partial charge in [-0.1, -0.05) is 34.1 Å². The second-order valence-electron chi connectivity index (χ2n) is 6.52. The van der Waals surface area contributed by atoms with Crippen LogP contribution in [0.2, 0.25) is 0 Å². The Labute approximate surface area is 112 Å². The van der Waals surface area contributed by atoms with Crippen molar-refractivity contribution in [3.8, 4) is 0 Å². The number of carbonyl (C=O) groups is 1. The minimum absolute atomic E-state index is 0.196. The molecule has 1 atom stereocenters. The van der Waals surface area contributed by atoms with Gasteiger partial charge in [0.25, 0.3) is 0 Å². The molecule has 1 heterocycles. The number of nitrogens with one attached hydrogen (secondary N) is 1. The first kappa shape index (κ1) is 15.5. The van der Waals surface area contributed by atoms with Crippen molar-refractivity contribution in [1.29, 1.82) is 0 Å². The van der Waals surface area contributed by atoms with Gasteiger partial charge in [0.05, 0.1) is 0 Å². The van der Waals surface area contributed by atoms with E-state index in [9.17, 15) is 4.79 Å². The first-order chi connectivity index (χ1) is 8.45. The van der Waals surface area contributed by atoms with Gasteiger partial charge >= 0.3 is 0 Å². The highest BCUT2D eigenvalue weighted by atomic mass is 16.2. The molecular weight excluding hydrogens is 224 g/mol. The molecule has 106 valence electrons. The maximum Gasteiger partial charge on any atom is 0.222 e. The summed E-state index contributed by atoms with van der Waals surface area (Å²) < 4.78 is 0. The van der Waals surface area contributed by atoms with Gasteiger partial charge in [0, 0.05) is 25.6 Å². The van der Waals surface area contributed by atoms with E-state index in [0.29, 0.717) is 11.9 Å². The van der Waals surface area contributed by atoms with Crippen molar-refractivity contribution < 1.29 is 4.79 Å². The topological polar surface area (TPSA) is 32.3 Å². The summed E-state index contributed by atoms with van der Waals surface area (Å²) in [6.07, 6.45) is 5.31. The zero-order chi connectivity index (χ0) is 13.6. The molecule has 3 heteroatoms. The summed E-state index contributed by atoms with van der Waals surface area (Å²) >= 11 is 0. The number of carbonyl (C=O) groups excluding carboxylic acids is 1. The quantitative estimate of drug-likeness (QED) is 0.818.